The second-order valence-corrected chi connectivity index (χ2v) is 11.0. The van der Waals surface area contributed by atoms with E-state index in [9.17, 15) is 28.8 Å². The van der Waals surface area contributed by atoms with Crippen molar-refractivity contribution >= 4 is 41.5 Å². The normalized spacial score (nSPS) is 17.5. The van der Waals surface area contributed by atoms with E-state index in [2.05, 4.69) is 26.3 Å². The van der Waals surface area contributed by atoms with Gasteiger partial charge >= 0.3 is 5.97 Å². The van der Waals surface area contributed by atoms with Crippen LogP contribution in [-0.4, -0.2) is 101 Å². The van der Waals surface area contributed by atoms with Crippen molar-refractivity contribution in [2.75, 3.05) is 19.6 Å². The molecule has 0 aromatic heterocycles. The van der Waals surface area contributed by atoms with Crippen LogP contribution in [0.25, 0.3) is 0 Å². The Kier molecular flexibility index (Phi) is 14.7. The summed E-state index contributed by atoms with van der Waals surface area (Å²) in [5.41, 5.74) is 16.8. The van der Waals surface area contributed by atoms with Crippen molar-refractivity contribution in [1.82, 2.24) is 26.2 Å². The standard InChI is InChI=1S/C26H47N9O7/c1-13(2)19(27)25(42)35-11-7-9-17(35)23(40)33-16(8-6-10-30-26(28)29)22(39)32-15(5)21(38)34-20(14(3)4)24(41)31-12-18(36)37/h13-17,19-20H,6-12,27H2,1-5H3,(H,31,41)(H,32,39)(H,33,40)(H,34,38)(H,36,37)(H4,28,29,30). The van der Waals surface area contributed by atoms with Gasteiger partial charge in [-0.2, -0.15) is 0 Å². The van der Waals surface area contributed by atoms with E-state index in [1.807, 2.05) is 13.8 Å². The number of guanidine groups is 1. The van der Waals surface area contributed by atoms with E-state index in [0.717, 1.165) is 0 Å². The maximum Gasteiger partial charge on any atom is 0.322 e. The Balaban J connectivity index is 2.98. The minimum absolute atomic E-state index is 0.123. The van der Waals surface area contributed by atoms with Crippen LogP contribution in [0.2, 0.25) is 0 Å². The Bertz CT molecular complexity index is 1010. The number of aliphatic carboxylic acids is 1. The highest BCUT2D eigenvalue weighted by Crippen LogP contribution is 2.20. The number of hydrogen-bond donors (Lipinski definition) is 8. The smallest absolute Gasteiger partial charge is 0.322 e. The first-order valence-electron chi connectivity index (χ1n) is 14.1. The van der Waals surface area contributed by atoms with Gasteiger partial charge in [0.1, 0.15) is 30.7 Å². The van der Waals surface area contributed by atoms with Crippen molar-refractivity contribution in [2.45, 2.75) is 90.5 Å². The SMILES string of the molecule is CC(NC(=O)C(CCCN=C(N)N)NC(=O)C1CCCN1C(=O)C(N)C(C)C)C(=O)NC(C(=O)NCC(=O)O)C(C)C. The minimum atomic E-state index is -1.24. The number of nitrogens with one attached hydrogen (secondary N) is 4. The van der Waals surface area contributed by atoms with Gasteiger partial charge in [0.25, 0.3) is 0 Å². The minimum Gasteiger partial charge on any atom is -0.480 e. The van der Waals surface area contributed by atoms with Crippen LogP contribution in [-0.2, 0) is 28.8 Å². The number of nitrogens with zero attached hydrogens (tertiary/aromatic N) is 2. The molecule has 16 heteroatoms. The second-order valence-electron chi connectivity index (χ2n) is 11.0. The second kappa shape index (κ2) is 17.1. The van der Waals surface area contributed by atoms with Crippen LogP contribution < -0.4 is 38.5 Å². The van der Waals surface area contributed by atoms with Gasteiger partial charge in [-0.1, -0.05) is 27.7 Å². The topological polar surface area (TPSA) is 264 Å². The molecular weight excluding hydrogens is 550 g/mol. The molecule has 5 amide bonds. The summed E-state index contributed by atoms with van der Waals surface area (Å²) in [4.78, 5) is 80.7. The first-order valence-corrected chi connectivity index (χ1v) is 14.1. The molecule has 0 bridgehead atoms. The Morgan fingerprint density at radius 2 is 1.57 bits per heavy atom. The number of hydrogen-bond acceptors (Lipinski definition) is 8. The van der Waals surface area contributed by atoms with Crippen LogP contribution in [0.3, 0.4) is 0 Å². The van der Waals surface area contributed by atoms with Crippen LogP contribution in [0.4, 0.5) is 0 Å². The van der Waals surface area contributed by atoms with Crippen LogP contribution in [0.15, 0.2) is 4.99 Å². The monoisotopic (exact) mass is 597 g/mol. The van der Waals surface area contributed by atoms with E-state index in [4.69, 9.17) is 22.3 Å². The fraction of sp³-hybridized carbons (Fsp3) is 0.731. The third-order valence-corrected chi connectivity index (χ3v) is 6.83. The van der Waals surface area contributed by atoms with E-state index in [1.165, 1.54) is 11.8 Å². The van der Waals surface area contributed by atoms with Crippen molar-refractivity contribution in [3.8, 4) is 0 Å². The van der Waals surface area contributed by atoms with Crippen molar-refractivity contribution in [3.05, 3.63) is 0 Å². The van der Waals surface area contributed by atoms with E-state index < -0.39 is 66.4 Å². The maximum absolute atomic E-state index is 13.3. The molecule has 1 fully saturated rings. The molecule has 0 aromatic carbocycles. The van der Waals surface area contributed by atoms with Gasteiger partial charge in [0, 0.05) is 13.1 Å². The number of carbonyl (C=O) groups excluding carboxylic acids is 5. The Morgan fingerprint density at radius 3 is 2.12 bits per heavy atom. The summed E-state index contributed by atoms with van der Waals surface area (Å²) < 4.78 is 0. The van der Waals surface area contributed by atoms with Gasteiger partial charge in [0.05, 0.1) is 6.04 Å². The molecule has 1 aliphatic heterocycles. The van der Waals surface area contributed by atoms with E-state index >= 15 is 0 Å². The lowest BCUT2D eigenvalue weighted by Gasteiger charge is -2.29. The van der Waals surface area contributed by atoms with Crippen molar-refractivity contribution in [3.63, 3.8) is 0 Å². The third kappa shape index (κ3) is 11.5. The summed E-state index contributed by atoms with van der Waals surface area (Å²) in [6, 6.07) is -4.81. The fourth-order valence-corrected chi connectivity index (χ4v) is 4.29. The van der Waals surface area contributed by atoms with Crippen LogP contribution in [0.1, 0.15) is 60.3 Å². The number of carbonyl (C=O) groups is 6. The van der Waals surface area contributed by atoms with Gasteiger partial charge in [0.2, 0.25) is 29.5 Å². The summed E-state index contributed by atoms with van der Waals surface area (Å²) in [6.07, 6.45) is 1.46. The molecule has 238 valence electrons. The van der Waals surface area contributed by atoms with Gasteiger partial charge < -0.3 is 48.5 Å². The molecule has 1 rings (SSSR count). The number of rotatable bonds is 16. The molecule has 42 heavy (non-hydrogen) atoms. The highest BCUT2D eigenvalue weighted by atomic mass is 16.4. The number of likely N-dealkylation sites (tertiary alicyclic amines) is 1. The zero-order chi connectivity index (χ0) is 32.1. The lowest BCUT2D eigenvalue weighted by Crippen LogP contribution is -2.58. The fourth-order valence-electron chi connectivity index (χ4n) is 4.29. The Labute approximate surface area is 245 Å². The molecule has 0 saturated carbocycles. The first kappa shape index (κ1) is 36.1. The molecule has 0 spiro atoms. The van der Waals surface area contributed by atoms with Crippen LogP contribution in [0.5, 0.6) is 0 Å². The summed E-state index contributed by atoms with van der Waals surface area (Å²) >= 11 is 0. The van der Waals surface area contributed by atoms with Crippen molar-refractivity contribution in [2.24, 2.45) is 34.0 Å². The largest absolute Gasteiger partial charge is 0.480 e. The lowest BCUT2D eigenvalue weighted by molar-refractivity contribution is -0.141. The van der Waals surface area contributed by atoms with Crippen LogP contribution in [0, 0.1) is 11.8 Å². The molecule has 1 aliphatic rings. The molecule has 16 nitrogen and oxygen atoms in total. The predicted molar refractivity (Wildman–Crippen MR) is 154 cm³/mol. The van der Waals surface area contributed by atoms with Crippen LogP contribution >= 0.6 is 0 Å². The molecule has 5 unspecified atom stereocenters. The van der Waals surface area contributed by atoms with E-state index in [0.29, 0.717) is 25.8 Å². The molecule has 1 saturated heterocycles. The molecule has 0 aliphatic carbocycles. The molecular formula is C26H47N9O7. The highest BCUT2D eigenvalue weighted by Gasteiger charge is 2.38. The molecule has 1 heterocycles. The van der Waals surface area contributed by atoms with Crippen molar-refractivity contribution < 1.29 is 33.9 Å². The molecule has 0 radical (unpaired) electrons. The third-order valence-electron chi connectivity index (χ3n) is 6.83. The van der Waals surface area contributed by atoms with Crippen molar-refractivity contribution in [1.29, 1.82) is 0 Å². The maximum atomic E-state index is 13.3. The van der Waals surface area contributed by atoms with Gasteiger partial charge in [0.15, 0.2) is 5.96 Å². The summed E-state index contributed by atoms with van der Waals surface area (Å²) in [6.45, 7) is 8.32. The Hall–Kier alpha value is -3.95. The number of aliphatic imine (C=N–C) groups is 1. The molecule has 5 atom stereocenters. The number of carboxylic acids is 1. The summed E-state index contributed by atoms with van der Waals surface area (Å²) in [5.74, 6) is -4.76. The predicted octanol–water partition coefficient (Wildman–Crippen LogP) is -2.65. The first-order chi connectivity index (χ1) is 19.6. The zero-order valence-corrected chi connectivity index (χ0v) is 25.0. The molecule has 11 N–H and O–H groups in total. The number of nitrogens with two attached hydrogens (primary N) is 3. The quantitative estimate of drug-likeness (QED) is 0.0520. The highest BCUT2D eigenvalue weighted by molar-refractivity contribution is 5.96. The van der Waals surface area contributed by atoms with E-state index in [-0.39, 0.29) is 36.7 Å². The van der Waals surface area contributed by atoms with Gasteiger partial charge in [-0.3, -0.25) is 33.8 Å². The number of carboxylic acid groups (broad SMARTS) is 1. The van der Waals surface area contributed by atoms with Gasteiger partial charge in [-0.05, 0) is 44.4 Å². The summed E-state index contributed by atoms with van der Waals surface area (Å²) in [5, 5.41) is 18.8. The average molecular weight is 598 g/mol. The lowest BCUT2D eigenvalue weighted by atomic mass is 10.0. The van der Waals surface area contributed by atoms with E-state index in [1.54, 1.807) is 13.8 Å². The van der Waals surface area contributed by atoms with Gasteiger partial charge in [-0.25, -0.2) is 0 Å². The zero-order valence-electron chi connectivity index (χ0n) is 25.0. The van der Waals surface area contributed by atoms with Gasteiger partial charge in [-0.15, -0.1) is 0 Å². The summed E-state index contributed by atoms with van der Waals surface area (Å²) in [7, 11) is 0. The average Bonchev–Trinajstić information content (AvgIpc) is 3.40. The number of amides is 5. The molecule has 0 aromatic rings. The Morgan fingerprint density at radius 1 is 0.929 bits per heavy atom.